The number of carbonyl (C=O) groups excluding carboxylic acids is 2. The lowest BCUT2D eigenvalue weighted by Crippen LogP contribution is -2.39. The number of anilines is 1. The van der Waals surface area contributed by atoms with Gasteiger partial charge in [0.1, 0.15) is 0 Å². The topological polar surface area (TPSA) is 37.4 Å². The molecule has 1 aliphatic rings. The maximum absolute atomic E-state index is 13.1. The molecule has 1 fully saturated rings. The molecule has 0 spiro atoms. The van der Waals surface area contributed by atoms with E-state index in [9.17, 15) is 9.59 Å². The second-order valence-corrected chi connectivity index (χ2v) is 7.65. The molecule has 0 N–H and O–H groups in total. The largest absolute Gasteiger partial charge is 0.273 e. The molecule has 1 aromatic carbocycles. The Bertz CT molecular complexity index is 708. The van der Waals surface area contributed by atoms with Gasteiger partial charge in [0.15, 0.2) is 0 Å². The number of nitrogens with zero attached hydrogens (tertiary/aromatic N) is 1. The van der Waals surface area contributed by atoms with Crippen molar-refractivity contribution in [1.82, 2.24) is 0 Å². The van der Waals surface area contributed by atoms with Gasteiger partial charge in [-0.3, -0.25) is 9.59 Å². The average molecular weight is 354 g/mol. The maximum Gasteiger partial charge on any atom is 0.240 e. The minimum absolute atomic E-state index is 0.0924. The Morgan fingerprint density at radius 2 is 1.35 bits per heavy atom. The lowest BCUT2D eigenvalue weighted by molar-refractivity contribution is -0.132. The van der Waals surface area contributed by atoms with Crippen LogP contribution in [0.5, 0.6) is 0 Å². The first-order valence-corrected chi connectivity index (χ1v) is 9.79. The molecule has 2 rings (SSSR count). The molecule has 2 atom stereocenters. The lowest BCUT2D eigenvalue weighted by Gasteiger charge is -2.34. The van der Waals surface area contributed by atoms with E-state index in [-0.39, 0.29) is 11.8 Å². The number of hydrogen-bond acceptors (Lipinski definition) is 2. The zero-order valence-electron chi connectivity index (χ0n) is 17.0. The van der Waals surface area contributed by atoms with E-state index in [1.54, 1.807) is 0 Å². The van der Waals surface area contributed by atoms with Gasteiger partial charge >= 0.3 is 0 Å². The summed E-state index contributed by atoms with van der Waals surface area (Å²) >= 11 is 0. The maximum atomic E-state index is 13.1. The molecule has 140 valence electrons. The van der Waals surface area contributed by atoms with Crippen LogP contribution in [-0.4, -0.2) is 11.8 Å². The van der Waals surface area contributed by atoms with Crippen molar-refractivity contribution >= 4 is 17.5 Å². The summed E-state index contributed by atoms with van der Waals surface area (Å²) in [5, 5.41) is 0. The Hall–Kier alpha value is -2.08. The number of imide groups is 1. The van der Waals surface area contributed by atoms with Crippen LogP contribution < -0.4 is 4.90 Å². The molecule has 1 aliphatic heterocycles. The smallest absolute Gasteiger partial charge is 0.240 e. The molecule has 0 radical (unpaired) electrons. The van der Waals surface area contributed by atoms with Gasteiger partial charge in [-0.05, 0) is 63.8 Å². The minimum Gasteiger partial charge on any atom is -0.273 e. The number of benzene rings is 1. The van der Waals surface area contributed by atoms with E-state index in [0.717, 1.165) is 18.4 Å². The second kappa shape index (κ2) is 7.66. The van der Waals surface area contributed by atoms with Crippen molar-refractivity contribution in [2.24, 2.45) is 16.7 Å². The van der Waals surface area contributed by atoms with Gasteiger partial charge in [-0.2, -0.15) is 0 Å². The molecular weight excluding hydrogens is 322 g/mol. The standard InChI is InChI=1S/C23H31NO2/c1-7-17(8-2)11-12-18-13-15-19(16-14-18)24-20(25)22(5,9-3)23(6,10-4)21(24)26/h13-17H,7-10H2,1-6H3. The van der Waals surface area contributed by atoms with Crippen molar-refractivity contribution in [3.63, 3.8) is 0 Å². The molecule has 0 bridgehead atoms. The summed E-state index contributed by atoms with van der Waals surface area (Å²) in [5.74, 6) is 6.72. The van der Waals surface area contributed by atoms with Gasteiger partial charge in [0.05, 0.1) is 16.5 Å². The van der Waals surface area contributed by atoms with Crippen LogP contribution >= 0.6 is 0 Å². The molecule has 1 aromatic rings. The monoisotopic (exact) mass is 353 g/mol. The summed E-state index contributed by atoms with van der Waals surface area (Å²) in [6.07, 6.45) is 3.39. The first-order valence-electron chi connectivity index (χ1n) is 9.79. The van der Waals surface area contributed by atoms with Crippen LogP contribution in [0.15, 0.2) is 24.3 Å². The van der Waals surface area contributed by atoms with Gasteiger partial charge in [-0.25, -0.2) is 4.90 Å². The summed E-state index contributed by atoms with van der Waals surface area (Å²) in [6.45, 7) is 12.1. The molecular formula is C23H31NO2. The van der Waals surface area contributed by atoms with Crippen LogP contribution in [0.2, 0.25) is 0 Å². The molecule has 2 amide bonds. The van der Waals surface area contributed by atoms with Gasteiger partial charge in [-0.1, -0.05) is 39.5 Å². The van der Waals surface area contributed by atoms with Gasteiger partial charge in [0.25, 0.3) is 0 Å². The number of carbonyl (C=O) groups is 2. The summed E-state index contributed by atoms with van der Waals surface area (Å²) in [7, 11) is 0. The number of rotatable bonds is 5. The van der Waals surface area contributed by atoms with Gasteiger partial charge < -0.3 is 0 Å². The Morgan fingerprint density at radius 3 is 1.73 bits per heavy atom. The van der Waals surface area contributed by atoms with Crippen LogP contribution in [-0.2, 0) is 9.59 Å². The molecule has 2 unspecified atom stereocenters. The van der Waals surface area contributed by atoms with Crippen LogP contribution in [0, 0.1) is 28.6 Å². The molecule has 3 heteroatoms. The normalized spacial score (nSPS) is 25.6. The zero-order chi connectivity index (χ0) is 19.5. The summed E-state index contributed by atoms with van der Waals surface area (Å²) in [4.78, 5) is 27.6. The molecule has 3 nitrogen and oxygen atoms in total. The SMILES string of the molecule is CCC(C#Cc1ccc(N2C(=O)C(C)(CC)C(C)(CC)C2=O)cc1)CC. The molecule has 0 aromatic heterocycles. The van der Waals surface area contributed by atoms with E-state index in [1.165, 1.54) is 4.90 Å². The van der Waals surface area contributed by atoms with Crippen molar-refractivity contribution in [3.8, 4) is 11.8 Å². The highest BCUT2D eigenvalue weighted by molar-refractivity contribution is 6.25. The summed E-state index contributed by atoms with van der Waals surface area (Å²) < 4.78 is 0. The Morgan fingerprint density at radius 1 is 0.885 bits per heavy atom. The number of hydrogen-bond donors (Lipinski definition) is 0. The molecule has 1 saturated heterocycles. The van der Waals surface area contributed by atoms with Crippen LogP contribution in [0.3, 0.4) is 0 Å². The van der Waals surface area contributed by atoms with E-state index in [1.807, 2.05) is 52.0 Å². The van der Waals surface area contributed by atoms with Crippen molar-refractivity contribution in [1.29, 1.82) is 0 Å². The molecule has 0 saturated carbocycles. The van der Waals surface area contributed by atoms with E-state index < -0.39 is 10.8 Å². The van der Waals surface area contributed by atoms with Crippen molar-refractivity contribution < 1.29 is 9.59 Å². The highest BCUT2D eigenvalue weighted by Crippen LogP contribution is 2.53. The molecule has 26 heavy (non-hydrogen) atoms. The molecule has 0 aliphatic carbocycles. The van der Waals surface area contributed by atoms with Crippen molar-refractivity contribution in [3.05, 3.63) is 29.8 Å². The van der Waals surface area contributed by atoms with Gasteiger partial charge in [0.2, 0.25) is 11.8 Å². The first kappa shape index (κ1) is 20.2. The molecule has 1 heterocycles. The quantitative estimate of drug-likeness (QED) is 0.540. The Labute approximate surface area is 158 Å². The fourth-order valence-electron chi connectivity index (χ4n) is 3.75. The van der Waals surface area contributed by atoms with E-state index in [2.05, 4.69) is 25.7 Å². The third-order valence-electron chi connectivity index (χ3n) is 6.51. The van der Waals surface area contributed by atoms with Gasteiger partial charge in [0, 0.05) is 11.5 Å². The fraction of sp³-hybridized carbons (Fsp3) is 0.565. The zero-order valence-corrected chi connectivity index (χ0v) is 17.0. The van der Waals surface area contributed by atoms with Crippen LogP contribution in [0.4, 0.5) is 5.69 Å². The van der Waals surface area contributed by atoms with E-state index in [0.29, 0.717) is 24.4 Å². The third-order valence-corrected chi connectivity index (χ3v) is 6.51. The second-order valence-electron chi connectivity index (χ2n) is 7.65. The fourth-order valence-corrected chi connectivity index (χ4v) is 3.75. The number of amides is 2. The van der Waals surface area contributed by atoms with E-state index in [4.69, 9.17) is 0 Å². The Kier molecular flexibility index (Phi) is 5.96. The van der Waals surface area contributed by atoms with Crippen LogP contribution in [0.1, 0.15) is 72.8 Å². The summed E-state index contributed by atoms with van der Waals surface area (Å²) in [6, 6.07) is 7.47. The highest BCUT2D eigenvalue weighted by atomic mass is 16.2. The van der Waals surface area contributed by atoms with Crippen LogP contribution in [0.25, 0.3) is 0 Å². The van der Waals surface area contributed by atoms with Crippen molar-refractivity contribution in [2.75, 3.05) is 4.90 Å². The highest BCUT2D eigenvalue weighted by Gasteiger charge is 2.62. The predicted molar refractivity (Wildman–Crippen MR) is 107 cm³/mol. The lowest BCUT2D eigenvalue weighted by atomic mass is 9.64. The van der Waals surface area contributed by atoms with E-state index >= 15 is 0 Å². The summed E-state index contributed by atoms with van der Waals surface area (Å²) in [5.41, 5.74) is 0.237. The first-order chi connectivity index (χ1) is 12.3. The van der Waals surface area contributed by atoms with Crippen molar-refractivity contribution in [2.45, 2.75) is 67.2 Å². The Balaban J connectivity index is 2.35. The average Bonchev–Trinajstić information content (AvgIpc) is 2.82. The third kappa shape index (κ3) is 3.07. The predicted octanol–water partition coefficient (Wildman–Crippen LogP) is 5.18. The minimum atomic E-state index is -0.660. The van der Waals surface area contributed by atoms with Gasteiger partial charge in [-0.15, -0.1) is 0 Å².